The van der Waals surface area contributed by atoms with E-state index in [1.807, 2.05) is 42.7 Å². The van der Waals surface area contributed by atoms with E-state index in [-0.39, 0.29) is 53.8 Å². The monoisotopic (exact) mass is 575 g/mol. The van der Waals surface area contributed by atoms with Gasteiger partial charge in [0, 0.05) is 44.7 Å². The molecule has 0 aromatic heterocycles. The Morgan fingerprint density at radius 3 is 2.42 bits per heavy atom. The Kier molecular flexibility index (Phi) is 11.1. The van der Waals surface area contributed by atoms with Gasteiger partial charge < -0.3 is 25.5 Å². The fourth-order valence-corrected chi connectivity index (χ4v) is 4.31. The number of carbonyl (C=O) groups excluding carboxylic acids is 1. The summed E-state index contributed by atoms with van der Waals surface area (Å²) in [6.45, 7) is 9.88. The van der Waals surface area contributed by atoms with E-state index in [0.717, 1.165) is 44.0 Å². The van der Waals surface area contributed by atoms with Gasteiger partial charge in [-0.15, -0.1) is 24.0 Å². The Morgan fingerprint density at radius 2 is 1.85 bits per heavy atom. The molecule has 0 aliphatic carbocycles. The number of carbonyl (C=O) groups is 1. The highest BCUT2D eigenvalue weighted by Crippen LogP contribution is 2.24. The minimum Gasteiger partial charge on any atom is -0.393 e. The summed E-state index contributed by atoms with van der Waals surface area (Å²) in [6, 6.07) is 5.56. The van der Waals surface area contributed by atoms with Crippen molar-refractivity contribution < 1.29 is 14.3 Å². The highest BCUT2D eigenvalue weighted by atomic mass is 127. The Bertz CT molecular complexity index is 791. The fraction of sp³-hybridized carbons (Fsp3) is 0.667. The first-order valence-electron chi connectivity index (χ1n) is 11.9. The van der Waals surface area contributed by atoms with Crippen molar-refractivity contribution in [3.05, 3.63) is 29.6 Å². The number of halogens is 2. The van der Waals surface area contributed by atoms with Crippen molar-refractivity contribution in [3.8, 4) is 0 Å². The average molecular weight is 576 g/mol. The standard InChI is InChI=1S/C24H38FN5O2.HI/c1-4-26-24(28-19-7-11-30(12-8-19)23(32)17(2)3)27-16-18-5-6-22(21(25)15-18)29-13-9-20(31)10-14-29;/h5-6,15,17,19-20,31H,4,7-14,16H2,1-3H3,(H2,26,27,28);1H. The smallest absolute Gasteiger partial charge is 0.225 e. The summed E-state index contributed by atoms with van der Waals surface area (Å²) in [5.74, 6) is 0.729. The molecule has 0 spiro atoms. The topological polar surface area (TPSA) is 80.2 Å². The molecule has 2 aliphatic rings. The molecule has 1 amide bonds. The van der Waals surface area contributed by atoms with E-state index in [9.17, 15) is 14.3 Å². The van der Waals surface area contributed by atoms with Crippen LogP contribution >= 0.6 is 24.0 Å². The lowest BCUT2D eigenvalue weighted by Gasteiger charge is -2.34. The van der Waals surface area contributed by atoms with Gasteiger partial charge in [0.25, 0.3) is 0 Å². The average Bonchev–Trinajstić information content (AvgIpc) is 2.78. The lowest BCUT2D eigenvalue weighted by Crippen LogP contribution is -2.50. The van der Waals surface area contributed by atoms with Crippen LogP contribution in [-0.2, 0) is 11.3 Å². The predicted molar refractivity (Wildman–Crippen MR) is 142 cm³/mol. The summed E-state index contributed by atoms with van der Waals surface area (Å²) in [5.41, 5.74) is 1.41. The van der Waals surface area contributed by atoms with Crippen LogP contribution in [-0.4, -0.2) is 66.7 Å². The van der Waals surface area contributed by atoms with Gasteiger partial charge in [-0.1, -0.05) is 19.9 Å². The molecule has 2 aliphatic heterocycles. The van der Waals surface area contributed by atoms with Gasteiger partial charge in [0.15, 0.2) is 5.96 Å². The van der Waals surface area contributed by atoms with E-state index >= 15 is 0 Å². The van der Waals surface area contributed by atoms with Crippen LogP contribution in [0.3, 0.4) is 0 Å². The summed E-state index contributed by atoms with van der Waals surface area (Å²) in [5, 5.41) is 16.4. The van der Waals surface area contributed by atoms with E-state index in [1.165, 1.54) is 0 Å². The molecule has 0 unspecified atom stereocenters. The first-order valence-corrected chi connectivity index (χ1v) is 11.9. The summed E-state index contributed by atoms with van der Waals surface area (Å²) in [4.78, 5) is 20.8. The van der Waals surface area contributed by atoms with Gasteiger partial charge in [0.1, 0.15) is 5.82 Å². The number of guanidine groups is 1. The second kappa shape index (κ2) is 13.3. The number of likely N-dealkylation sites (tertiary alicyclic amines) is 1. The van der Waals surface area contributed by atoms with Crippen molar-refractivity contribution in [2.45, 2.75) is 65.1 Å². The van der Waals surface area contributed by atoms with Gasteiger partial charge in [-0.25, -0.2) is 9.38 Å². The molecule has 2 fully saturated rings. The number of amides is 1. The quantitative estimate of drug-likeness (QED) is 0.276. The maximum absolute atomic E-state index is 14.7. The molecule has 1 aromatic rings. The molecule has 33 heavy (non-hydrogen) atoms. The third kappa shape index (κ3) is 7.98. The van der Waals surface area contributed by atoms with Gasteiger partial charge in [0.05, 0.1) is 18.3 Å². The first kappa shape index (κ1) is 27.6. The van der Waals surface area contributed by atoms with Gasteiger partial charge >= 0.3 is 0 Å². The van der Waals surface area contributed by atoms with Crippen LogP contribution in [0.5, 0.6) is 0 Å². The molecule has 9 heteroatoms. The van der Waals surface area contributed by atoms with Crippen molar-refractivity contribution in [2.24, 2.45) is 10.9 Å². The number of rotatable bonds is 6. The molecule has 7 nitrogen and oxygen atoms in total. The minimum atomic E-state index is -0.275. The number of aliphatic imine (C=N–C) groups is 1. The van der Waals surface area contributed by atoms with Crippen LogP contribution in [0, 0.1) is 11.7 Å². The molecular weight excluding hydrogens is 536 g/mol. The number of piperidine rings is 2. The van der Waals surface area contributed by atoms with E-state index < -0.39 is 0 Å². The highest BCUT2D eigenvalue weighted by Gasteiger charge is 2.25. The number of hydrogen-bond acceptors (Lipinski definition) is 4. The molecular formula is C24H39FIN5O2. The second-order valence-electron chi connectivity index (χ2n) is 9.10. The van der Waals surface area contributed by atoms with Gasteiger partial charge in [-0.2, -0.15) is 0 Å². The zero-order valence-electron chi connectivity index (χ0n) is 20.0. The Labute approximate surface area is 214 Å². The third-order valence-electron chi connectivity index (χ3n) is 6.22. The molecule has 2 heterocycles. The summed E-state index contributed by atoms with van der Waals surface area (Å²) >= 11 is 0. The van der Waals surface area contributed by atoms with Crippen molar-refractivity contribution in [1.82, 2.24) is 15.5 Å². The van der Waals surface area contributed by atoms with Crippen molar-refractivity contribution in [2.75, 3.05) is 37.6 Å². The zero-order valence-corrected chi connectivity index (χ0v) is 22.3. The van der Waals surface area contributed by atoms with Crippen LogP contribution in [0.15, 0.2) is 23.2 Å². The number of nitrogens with zero attached hydrogens (tertiary/aromatic N) is 3. The number of anilines is 1. The molecule has 0 atom stereocenters. The van der Waals surface area contributed by atoms with Crippen LogP contribution < -0.4 is 15.5 Å². The lowest BCUT2D eigenvalue weighted by atomic mass is 10.0. The highest BCUT2D eigenvalue weighted by molar-refractivity contribution is 14.0. The van der Waals surface area contributed by atoms with Crippen LogP contribution in [0.2, 0.25) is 0 Å². The SMILES string of the molecule is CCNC(=NCc1ccc(N2CCC(O)CC2)c(F)c1)NC1CCN(C(=O)C(C)C)CC1.I. The van der Waals surface area contributed by atoms with Gasteiger partial charge in [-0.3, -0.25) is 4.79 Å². The normalized spacial score (nSPS) is 18.3. The van der Waals surface area contributed by atoms with Crippen molar-refractivity contribution in [1.29, 1.82) is 0 Å². The molecule has 2 saturated heterocycles. The molecule has 0 bridgehead atoms. The third-order valence-corrected chi connectivity index (χ3v) is 6.22. The van der Waals surface area contributed by atoms with E-state index in [0.29, 0.717) is 38.2 Å². The number of nitrogens with one attached hydrogen (secondary N) is 2. The lowest BCUT2D eigenvalue weighted by molar-refractivity contribution is -0.135. The molecule has 186 valence electrons. The fourth-order valence-electron chi connectivity index (χ4n) is 4.31. The Morgan fingerprint density at radius 1 is 1.18 bits per heavy atom. The van der Waals surface area contributed by atoms with Crippen molar-refractivity contribution >= 4 is 41.5 Å². The zero-order chi connectivity index (χ0) is 23.1. The largest absolute Gasteiger partial charge is 0.393 e. The molecule has 1 aromatic carbocycles. The van der Waals surface area contributed by atoms with Gasteiger partial charge in [-0.05, 0) is 50.3 Å². The number of benzene rings is 1. The molecule has 0 radical (unpaired) electrons. The second-order valence-corrected chi connectivity index (χ2v) is 9.10. The van der Waals surface area contributed by atoms with Crippen molar-refractivity contribution in [3.63, 3.8) is 0 Å². The maximum atomic E-state index is 14.7. The van der Waals surface area contributed by atoms with E-state index in [1.54, 1.807) is 6.07 Å². The minimum absolute atomic E-state index is 0. The molecule has 0 saturated carbocycles. The number of aliphatic hydroxyl groups is 1. The maximum Gasteiger partial charge on any atom is 0.225 e. The first-order chi connectivity index (χ1) is 15.4. The van der Waals surface area contributed by atoms with Gasteiger partial charge in [0.2, 0.25) is 5.91 Å². The predicted octanol–water partition coefficient (Wildman–Crippen LogP) is 3.11. The van der Waals surface area contributed by atoms with Crippen LogP contribution in [0.1, 0.15) is 52.0 Å². The van der Waals surface area contributed by atoms with Crippen LogP contribution in [0.4, 0.5) is 10.1 Å². The summed E-state index contributed by atoms with van der Waals surface area (Å²) in [7, 11) is 0. The molecule has 3 rings (SSSR count). The Hall–Kier alpha value is -1.62. The van der Waals surface area contributed by atoms with Crippen LogP contribution in [0.25, 0.3) is 0 Å². The number of hydrogen-bond donors (Lipinski definition) is 3. The molecule has 3 N–H and O–H groups in total. The number of aliphatic hydroxyl groups excluding tert-OH is 1. The van der Waals surface area contributed by atoms with E-state index in [2.05, 4.69) is 15.6 Å². The summed E-state index contributed by atoms with van der Waals surface area (Å²) < 4.78 is 14.7. The van der Waals surface area contributed by atoms with E-state index in [4.69, 9.17) is 0 Å². The Balaban J connectivity index is 0.00000385. The summed E-state index contributed by atoms with van der Waals surface area (Å²) in [6.07, 6.45) is 2.84.